The van der Waals surface area contributed by atoms with Crippen LogP contribution in [0.2, 0.25) is 0 Å². The molecule has 1 amide bonds. The van der Waals surface area contributed by atoms with E-state index in [1.807, 2.05) is 7.05 Å². The molecule has 1 aliphatic carbocycles. The maximum Gasteiger partial charge on any atom is 0.249 e. The van der Waals surface area contributed by atoms with Crippen LogP contribution in [0.1, 0.15) is 84.8 Å². The number of nitrogens with zero attached hydrogens (tertiary/aromatic N) is 1. The zero-order valence-corrected chi connectivity index (χ0v) is 20.3. The van der Waals surface area contributed by atoms with Gasteiger partial charge in [0, 0.05) is 37.9 Å². The molecule has 1 aromatic rings. The smallest absolute Gasteiger partial charge is 0.249 e. The van der Waals surface area contributed by atoms with Crippen molar-refractivity contribution in [1.29, 1.82) is 0 Å². The summed E-state index contributed by atoms with van der Waals surface area (Å²) in [7, 11) is 1.92. The van der Waals surface area contributed by atoms with Gasteiger partial charge in [-0.15, -0.1) is 0 Å². The molecular formula is C25H42N4O2. The van der Waals surface area contributed by atoms with Crippen LogP contribution in [0.15, 0.2) is 12.1 Å². The van der Waals surface area contributed by atoms with Gasteiger partial charge in [0.05, 0.1) is 5.69 Å². The average molecular weight is 431 g/mol. The highest BCUT2D eigenvalue weighted by Crippen LogP contribution is 2.43. The predicted molar refractivity (Wildman–Crippen MR) is 128 cm³/mol. The van der Waals surface area contributed by atoms with Gasteiger partial charge in [-0.25, -0.2) is 4.98 Å². The molecule has 2 heterocycles. The summed E-state index contributed by atoms with van der Waals surface area (Å²) in [5, 5.41) is 10.1. The SMILES string of the molecule is CNc1nc(C2CCC(C)(C)C(NC(=O)C3CCCCO3)C2)ccc1NCC(C)(C)C. The van der Waals surface area contributed by atoms with Crippen molar-refractivity contribution in [3.05, 3.63) is 17.8 Å². The summed E-state index contributed by atoms with van der Waals surface area (Å²) in [5.41, 5.74) is 2.42. The lowest BCUT2D eigenvalue weighted by molar-refractivity contribution is -0.137. The van der Waals surface area contributed by atoms with E-state index in [0.29, 0.717) is 12.5 Å². The molecule has 6 heteroatoms. The number of anilines is 2. The fraction of sp³-hybridized carbons (Fsp3) is 0.760. The number of carbonyl (C=O) groups excluding carboxylic acids is 1. The van der Waals surface area contributed by atoms with Crippen LogP contribution in [0, 0.1) is 10.8 Å². The van der Waals surface area contributed by atoms with E-state index in [2.05, 4.69) is 62.7 Å². The van der Waals surface area contributed by atoms with Crippen LogP contribution in [0.25, 0.3) is 0 Å². The molecule has 31 heavy (non-hydrogen) atoms. The first kappa shape index (κ1) is 23.8. The van der Waals surface area contributed by atoms with Crippen LogP contribution in [-0.2, 0) is 9.53 Å². The fourth-order valence-corrected chi connectivity index (χ4v) is 4.57. The molecule has 174 valence electrons. The van der Waals surface area contributed by atoms with E-state index >= 15 is 0 Å². The Labute approximate surface area is 188 Å². The van der Waals surface area contributed by atoms with Crippen molar-refractivity contribution in [1.82, 2.24) is 10.3 Å². The maximum atomic E-state index is 12.8. The third-order valence-corrected chi connectivity index (χ3v) is 6.77. The van der Waals surface area contributed by atoms with Crippen LogP contribution in [0.5, 0.6) is 0 Å². The van der Waals surface area contributed by atoms with Gasteiger partial charge < -0.3 is 20.7 Å². The van der Waals surface area contributed by atoms with Gasteiger partial charge in [0.2, 0.25) is 5.91 Å². The minimum atomic E-state index is -0.285. The second-order valence-electron chi connectivity index (χ2n) is 11.2. The Hall–Kier alpha value is -1.82. The molecule has 1 saturated heterocycles. The first-order valence-electron chi connectivity index (χ1n) is 11.9. The Morgan fingerprint density at radius 3 is 2.65 bits per heavy atom. The summed E-state index contributed by atoms with van der Waals surface area (Å²) in [6.07, 6.45) is 5.74. The third kappa shape index (κ3) is 6.34. The molecule has 0 aromatic carbocycles. The Bertz CT molecular complexity index is 750. The Balaban J connectivity index is 1.70. The number of carbonyl (C=O) groups is 1. The average Bonchev–Trinajstić information content (AvgIpc) is 2.73. The number of pyridine rings is 1. The van der Waals surface area contributed by atoms with Crippen molar-refractivity contribution in [2.75, 3.05) is 30.8 Å². The van der Waals surface area contributed by atoms with E-state index in [-0.39, 0.29) is 28.9 Å². The fourth-order valence-electron chi connectivity index (χ4n) is 4.57. The van der Waals surface area contributed by atoms with Crippen LogP contribution in [0.4, 0.5) is 11.5 Å². The van der Waals surface area contributed by atoms with E-state index in [1.165, 1.54) is 0 Å². The Kier molecular flexibility index (Phi) is 7.51. The van der Waals surface area contributed by atoms with E-state index < -0.39 is 0 Å². The molecule has 3 atom stereocenters. The summed E-state index contributed by atoms with van der Waals surface area (Å²) < 4.78 is 5.71. The van der Waals surface area contributed by atoms with Crippen molar-refractivity contribution < 1.29 is 9.53 Å². The zero-order chi connectivity index (χ0) is 22.6. The molecule has 3 N–H and O–H groups in total. The summed E-state index contributed by atoms with van der Waals surface area (Å²) in [4.78, 5) is 17.8. The molecule has 0 spiro atoms. The molecule has 0 bridgehead atoms. The lowest BCUT2D eigenvalue weighted by Crippen LogP contribution is -2.52. The predicted octanol–water partition coefficient (Wildman–Crippen LogP) is 4.93. The number of hydrogen-bond donors (Lipinski definition) is 3. The van der Waals surface area contributed by atoms with E-state index in [4.69, 9.17) is 9.72 Å². The van der Waals surface area contributed by atoms with E-state index in [9.17, 15) is 4.79 Å². The maximum absolute atomic E-state index is 12.8. The van der Waals surface area contributed by atoms with E-state index in [0.717, 1.165) is 62.3 Å². The van der Waals surface area contributed by atoms with Crippen LogP contribution >= 0.6 is 0 Å². The quantitative estimate of drug-likeness (QED) is 0.597. The van der Waals surface area contributed by atoms with Gasteiger partial charge in [-0.2, -0.15) is 0 Å². The molecule has 1 saturated carbocycles. The summed E-state index contributed by atoms with van der Waals surface area (Å²) in [6, 6.07) is 4.42. The van der Waals surface area contributed by atoms with E-state index in [1.54, 1.807) is 0 Å². The zero-order valence-electron chi connectivity index (χ0n) is 20.3. The molecule has 3 unspecified atom stereocenters. The largest absolute Gasteiger partial charge is 0.382 e. The minimum absolute atomic E-state index is 0.0593. The number of amides is 1. The lowest BCUT2D eigenvalue weighted by Gasteiger charge is -2.43. The topological polar surface area (TPSA) is 75.3 Å². The summed E-state index contributed by atoms with van der Waals surface area (Å²) in [6.45, 7) is 12.8. The third-order valence-electron chi connectivity index (χ3n) is 6.77. The highest BCUT2D eigenvalue weighted by Gasteiger charge is 2.39. The van der Waals surface area contributed by atoms with Gasteiger partial charge in [-0.1, -0.05) is 34.6 Å². The van der Waals surface area contributed by atoms with Gasteiger partial charge in [0.25, 0.3) is 0 Å². The monoisotopic (exact) mass is 430 g/mol. The number of nitrogens with one attached hydrogen (secondary N) is 3. The van der Waals surface area contributed by atoms with Crippen molar-refractivity contribution in [3.8, 4) is 0 Å². The van der Waals surface area contributed by atoms with Gasteiger partial charge in [-0.3, -0.25) is 4.79 Å². The second kappa shape index (κ2) is 9.76. The highest BCUT2D eigenvalue weighted by atomic mass is 16.5. The first-order valence-corrected chi connectivity index (χ1v) is 11.9. The summed E-state index contributed by atoms with van der Waals surface area (Å²) >= 11 is 0. The standard InChI is InChI=1S/C25H42N4O2/c1-24(2,3)16-27-19-11-10-18(28-22(19)26-6)17-12-13-25(4,5)21(15-17)29-23(30)20-9-7-8-14-31-20/h10-11,17,20-21,27H,7-9,12-16H2,1-6H3,(H,26,28)(H,29,30). The number of rotatable bonds is 6. The van der Waals surface area contributed by atoms with Crippen molar-refractivity contribution >= 4 is 17.4 Å². The number of aromatic nitrogens is 1. The highest BCUT2D eigenvalue weighted by molar-refractivity contribution is 5.81. The normalized spacial score (nSPS) is 26.2. The second-order valence-corrected chi connectivity index (χ2v) is 11.2. The Morgan fingerprint density at radius 2 is 2.00 bits per heavy atom. The van der Waals surface area contributed by atoms with Crippen LogP contribution in [0.3, 0.4) is 0 Å². The lowest BCUT2D eigenvalue weighted by atomic mass is 9.68. The van der Waals surface area contributed by atoms with Crippen molar-refractivity contribution in [2.45, 2.75) is 91.2 Å². The van der Waals surface area contributed by atoms with Gasteiger partial charge in [0.15, 0.2) is 0 Å². The number of ether oxygens (including phenoxy) is 1. The summed E-state index contributed by atoms with van der Waals surface area (Å²) in [5.74, 6) is 1.29. The van der Waals surface area contributed by atoms with Gasteiger partial charge in [-0.05, 0) is 61.5 Å². The van der Waals surface area contributed by atoms with Crippen molar-refractivity contribution in [2.24, 2.45) is 10.8 Å². The number of hydrogen-bond acceptors (Lipinski definition) is 5. The molecule has 2 aliphatic rings. The molecule has 2 fully saturated rings. The molecule has 1 aliphatic heterocycles. The minimum Gasteiger partial charge on any atom is -0.382 e. The Morgan fingerprint density at radius 1 is 1.23 bits per heavy atom. The van der Waals surface area contributed by atoms with Gasteiger partial charge >= 0.3 is 0 Å². The first-order chi connectivity index (χ1) is 14.6. The van der Waals surface area contributed by atoms with Crippen LogP contribution < -0.4 is 16.0 Å². The molecule has 3 rings (SSSR count). The molecule has 0 radical (unpaired) electrons. The van der Waals surface area contributed by atoms with Crippen molar-refractivity contribution in [3.63, 3.8) is 0 Å². The van der Waals surface area contributed by atoms with Gasteiger partial charge in [0.1, 0.15) is 11.9 Å². The van der Waals surface area contributed by atoms with Crippen LogP contribution in [-0.4, -0.2) is 43.2 Å². The molecule has 6 nitrogen and oxygen atoms in total. The molecule has 1 aromatic heterocycles. The molecular weight excluding hydrogens is 388 g/mol.